The van der Waals surface area contributed by atoms with Gasteiger partial charge in [0.15, 0.2) is 0 Å². The standard InChI is InChI=1S/C8H20O5P2S2.CH3NO2.H3N/c1-5-9-14(16,10-6-2)13-15(17,11-7-3)12-8-4;2-1(3)4;/h5-8H2,1-4H3;2H2,(H,3,4);1H3. The summed E-state index contributed by atoms with van der Waals surface area (Å²) >= 11 is 10.4. The molecule has 0 aliphatic carbocycles. The number of hydrogen-bond acceptors (Lipinski definition) is 9. The molecule has 0 unspecified atom stereocenters. The van der Waals surface area contributed by atoms with E-state index in [1.807, 2.05) is 27.7 Å². The molecule has 0 spiro atoms. The Labute approximate surface area is 141 Å². The van der Waals surface area contributed by atoms with Crippen LogP contribution in [0.2, 0.25) is 0 Å². The van der Waals surface area contributed by atoms with Gasteiger partial charge in [-0.3, -0.25) is 0 Å². The van der Waals surface area contributed by atoms with Gasteiger partial charge in [0, 0.05) is 0 Å². The van der Waals surface area contributed by atoms with Crippen molar-refractivity contribution in [1.29, 1.82) is 0 Å². The zero-order chi connectivity index (χ0) is 16.9. The molecule has 0 atom stereocenters. The first-order chi connectivity index (χ1) is 9.68. The second-order valence-corrected chi connectivity index (χ2v) is 9.14. The Bertz CT molecular complexity index is 335. The smallest absolute Gasteiger partial charge is 0.402 e. The Kier molecular flexibility index (Phi) is 18.4. The van der Waals surface area contributed by atoms with Crippen molar-refractivity contribution >= 4 is 43.1 Å². The molecule has 0 saturated carbocycles. The molecule has 0 saturated heterocycles. The molecule has 0 aromatic carbocycles. The second-order valence-electron chi connectivity index (χ2n) is 2.99. The molecule has 0 heterocycles. The molecule has 13 heteroatoms. The lowest BCUT2D eigenvalue weighted by Crippen LogP contribution is -2.03. The number of primary amides is 1. The third-order valence-corrected chi connectivity index (χ3v) is 7.71. The van der Waals surface area contributed by atoms with Gasteiger partial charge in [-0.2, -0.15) is 0 Å². The van der Waals surface area contributed by atoms with Crippen molar-refractivity contribution in [3.8, 4) is 0 Å². The van der Waals surface area contributed by atoms with E-state index < -0.39 is 19.5 Å². The Balaban J connectivity index is -0.000000640. The van der Waals surface area contributed by atoms with Gasteiger partial charge in [0.1, 0.15) is 0 Å². The summed E-state index contributed by atoms with van der Waals surface area (Å²) in [5, 5.41) is 7.19. The predicted octanol–water partition coefficient (Wildman–Crippen LogP) is 3.38. The molecule has 6 N–H and O–H groups in total. The summed E-state index contributed by atoms with van der Waals surface area (Å²) in [5.74, 6) is 0. The largest absolute Gasteiger partial charge is 0.465 e. The SMILES string of the molecule is CCOP(=S)(OCC)OP(=S)(OCC)OCC.N.NC(=O)O. The first kappa shape index (κ1) is 27.2. The summed E-state index contributed by atoms with van der Waals surface area (Å²) in [7, 11) is 0. The highest BCUT2D eigenvalue weighted by atomic mass is 32.5. The van der Waals surface area contributed by atoms with E-state index in [9.17, 15) is 0 Å². The average Bonchev–Trinajstić information content (AvgIpc) is 2.28. The van der Waals surface area contributed by atoms with Gasteiger partial charge >= 0.3 is 19.5 Å². The summed E-state index contributed by atoms with van der Waals surface area (Å²) in [5.41, 5.74) is 4.03. The van der Waals surface area contributed by atoms with Crippen LogP contribution in [-0.2, 0) is 46.0 Å². The average molecular weight is 400 g/mol. The van der Waals surface area contributed by atoms with Crippen molar-refractivity contribution in [3.63, 3.8) is 0 Å². The summed E-state index contributed by atoms with van der Waals surface area (Å²) < 4.78 is 26.9. The molecule has 136 valence electrons. The second kappa shape index (κ2) is 14.9. The molecule has 9 nitrogen and oxygen atoms in total. The Morgan fingerprint density at radius 3 is 1.23 bits per heavy atom. The molecular formula is C9H26N2O7P2S2. The lowest BCUT2D eigenvalue weighted by molar-refractivity contribution is 0.176. The first-order valence-corrected chi connectivity index (χ1v) is 11.3. The van der Waals surface area contributed by atoms with E-state index in [-0.39, 0.29) is 6.15 Å². The third-order valence-electron chi connectivity index (χ3n) is 1.35. The van der Waals surface area contributed by atoms with Crippen molar-refractivity contribution in [2.45, 2.75) is 27.7 Å². The van der Waals surface area contributed by atoms with Crippen LogP contribution in [-0.4, -0.2) is 37.6 Å². The van der Waals surface area contributed by atoms with E-state index in [2.05, 4.69) is 5.73 Å². The molecule has 0 aromatic rings. The monoisotopic (exact) mass is 400 g/mol. The number of nitrogens with two attached hydrogens (primary N) is 1. The van der Waals surface area contributed by atoms with Gasteiger partial charge in [0.25, 0.3) is 0 Å². The van der Waals surface area contributed by atoms with Crippen LogP contribution >= 0.6 is 13.4 Å². The zero-order valence-corrected chi connectivity index (χ0v) is 16.6. The van der Waals surface area contributed by atoms with Crippen molar-refractivity contribution in [2.24, 2.45) is 5.73 Å². The Hall–Kier alpha value is 0.330. The molecule has 0 aromatic heterocycles. The molecular weight excluding hydrogens is 374 g/mol. The van der Waals surface area contributed by atoms with E-state index in [1.54, 1.807) is 0 Å². The maximum atomic E-state index is 8.78. The van der Waals surface area contributed by atoms with E-state index in [0.29, 0.717) is 26.4 Å². The van der Waals surface area contributed by atoms with Crippen LogP contribution in [0.3, 0.4) is 0 Å². The topological polar surface area (TPSA) is 144 Å². The maximum absolute atomic E-state index is 8.78. The first-order valence-electron chi connectivity index (χ1n) is 6.16. The molecule has 0 aliphatic rings. The fraction of sp³-hybridized carbons (Fsp3) is 0.889. The van der Waals surface area contributed by atoms with Gasteiger partial charge < -0.3 is 35.1 Å². The van der Waals surface area contributed by atoms with Crippen molar-refractivity contribution in [2.75, 3.05) is 26.4 Å². The summed E-state index contributed by atoms with van der Waals surface area (Å²) in [4.78, 5) is 8.78. The lowest BCUT2D eigenvalue weighted by Gasteiger charge is -2.27. The summed E-state index contributed by atoms with van der Waals surface area (Å²) in [6, 6.07) is 0. The third kappa shape index (κ3) is 15.2. The molecule has 0 fully saturated rings. The molecule has 0 radical (unpaired) electrons. The van der Waals surface area contributed by atoms with E-state index in [1.165, 1.54) is 0 Å². The van der Waals surface area contributed by atoms with Crippen LogP contribution in [0, 0.1) is 0 Å². The van der Waals surface area contributed by atoms with Gasteiger partial charge in [-0.1, -0.05) is 0 Å². The number of carbonyl (C=O) groups is 1. The Morgan fingerprint density at radius 2 is 1.09 bits per heavy atom. The van der Waals surface area contributed by atoms with Crippen LogP contribution in [0.5, 0.6) is 0 Å². The van der Waals surface area contributed by atoms with Crippen molar-refractivity contribution in [1.82, 2.24) is 6.15 Å². The van der Waals surface area contributed by atoms with Gasteiger partial charge in [-0.25, -0.2) is 9.11 Å². The highest BCUT2D eigenvalue weighted by Gasteiger charge is 2.31. The lowest BCUT2D eigenvalue weighted by atomic mass is 10.9. The van der Waals surface area contributed by atoms with E-state index in [4.69, 9.17) is 55.9 Å². The molecule has 0 aliphatic heterocycles. The fourth-order valence-corrected chi connectivity index (χ4v) is 7.30. The zero-order valence-electron chi connectivity index (χ0n) is 13.2. The van der Waals surface area contributed by atoms with Gasteiger partial charge in [0.05, 0.1) is 26.4 Å². The highest BCUT2D eigenvalue weighted by molar-refractivity contribution is 8.14. The van der Waals surface area contributed by atoms with E-state index >= 15 is 0 Å². The highest BCUT2D eigenvalue weighted by Crippen LogP contribution is 2.66. The van der Waals surface area contributed by atoms with Crippen LogP contribution in [0.25, 0.3) is 0 Å². The van der Waals surface area contributed by atoms with Crippen LogP contribution in [0.15, 0.2) is 0 Å². The Morgan fingerprint density at radius 1 is 0.909 bits per heavy atom. The molecule has 22 heavy (non-hydrogen) atoms. The van der Waals surface area contributed by atoms with Crippen molar-refractivity contribution in [3.05, 3.63) is 0 Å². The summed E-state index contributed by atoms with van der Waals surface area (Å²) in [6.07, 6.45) is -1.33. The quantitative estimate of drug-likeness (QED) is 0.467. The fourth-order valence-electron chi connectivity index (χ4n) is 0.924. The maximum Gasteiger partial charge on any atom is 0.402 e. The summed E-state index contributed by atoms with van der Waals surface area (Å²) in [6.45, 7) is 3.09. The van der Waals surface area contributed by atoms with Crippen LogP contribution in [0.1, 0.15) is 27.7 Å². The van der Waals surface area contributed by atoms with Crippen molar-refractivity contribution < 1.29 is 32.3 Å². The van der Waals surface area contributed by atoms with Crippen LogP contribution in [0.4, 0.5) is 4.79 Å². The van der Waals surface area contributed by atoms with Crippen LogP contribution < -0.4 is 11.9 Å². The minimum absolute atomic E-state index is 0. The number of rotatable bonds is 10. The van der Waals surface area contributed by atoms with Gasteiger partial charge in [-0.15, -0.1) is 0 Å². The number of hydrogen-bond donors (Lipinski definition) is 3. The van der Waals surface area contributed by atoms with E-state index in [0.717, 1.165) is 0 Å². The minimum atomic E-state index is -2.87. The van der Waals surface area contributed by atoms with Gasteiger partial charge in [0.2, 0.25) is 0 Å². The molecule has 1 amide bonds. The minimum Gasteiger partial charge on any atom is -0.465 e. The normalized spacial score (nSPS) is 11.1. The van der Waals surface area contributed by atoms with Gasteiger partial charge in [-0.05, 0) is 51.3 Å². The molecule has 0 bridgehead atoms. The number of carboxylic acid groups (broad SMARTS) is 1. The predicted molar refractivity (Wildman–Crippen MR) is 93.4 cm³/mol. The molecule has 0 rings (SSSR count). The number of amides is 1.